The van der Waals surface area contributed by atoms with Crippen LogP contribution in [0.5, 0.6) is 0 Å². The molecule has 1 aliphatic carbocycles. The molecule has 0 bridgehead atoms. The molecule has 2 rings (SSSR count). The van der Waals surface area contributed by atoms with Crippen molar-refractivity contribution in [3.63, 3.8) is 0 Å². The first-order chi connectivity index (χ1) is 8.74. The van der Waals surface area contributed by atoms with Crippen molar-refractivity contribution in [2.45, 2.75) is 37.8 Å². The Kier molecular flexibility index (Phi) is 4.53. The van der Waals surface area contributed by atoms with Crippen LogP contribution in [0, 0.1) is 0 Å². The zero-order valence-electron chi connectivity index (χ0n) is 10.4. The van der Waals surface area contributed by atoms with Crippen LogP contribution in [-0.4, -0.2) is 23.2 Å². The summed E-state index contributed by atoms with van der Waals surface area (Å²) in [6.45, 7) is 0. The number of benzene rings is 1. The molecule has 3 heteroatoms. The zero-order valence-corrected chi connectivity index (χ0v) is 10.4. The van der Waals surface area contributed by atoms with Gasteiger partial charge < -0.3 is 10.4 Å². The van der Waals surface area contributed by atoms with Crippen molar-refractivity contribution < 1.29 is 9.90 Å². The molecule has 1 aromatic rings. The Morgan fingerprint density at radius 1 is 1.17 bits per heavy atom. The standard InChI is InChI=1S/C15H19NO2/c17-14-9-7-13(8-10-14)16-15(18)11-6-12-4-2-1-3-5-12/h1-6,11,13-14,17H,7-10H2,(H,16,18). The second-order valence-corrected chi connectivity index (χ2v) is 4.76. The Morgan fingerprint density at radius 3 is 2.50 bits per heavy atom. The summed E-state index contributed by atoms with van der Waals surface area (Å²) in [5.41, 5.74) is 1.02. The summed E-state index contributed by atoms with van der Waals surface area (Å²) in [7, 11) is 0. The summed E-state index contributed by atoms with van der Waals surface area (Å²) in [4.78, 5) is 11.7. The van der Waals surface area contributed by atoms with Gasteiger partial charge in [-0.3, -0.25) is 4.79 Å². The molecule has 0 aliphatic heterocycles. The van der Waals surface area contributed by atoms with E-state index in [2.05, 4.69) is 5.32 Å². The van der Waals surface area contributed by atoms with Crippen molar-refractivity contribution in [2.75, 3.05) is 0 Å². The highest BCUT2D eigenvalue weighted by molar-refractivity contribution is 5.91. The Morgan fingerprint density at radius 2 is 1.83 bits per heavy atom. The maximum absolute atomic E-state index is 11.7. The van der Waals surface area contributed by atoms with Crippen LogP contribution in [0.4, 0.5) is 0 Å². The first kappa shape index (κ1) is 12.8. The van der Waals surface area contributed by atoms with Crippen LogP contribution in [0.15, 0.2) is 36.4 Å². The predicted octanol–water partition coefficient (Wildman–Crippen LogP) is 2.12. The van der Waals surface area contributed by atoms with Gasteiger partial charge in [-0.25, -0.2) is 0 Å². The highest BCUT2D eigenvalue weighted by Crippen LogP contribution is 2.18. The Balaban J connectivity index is 1.80. The maximum atomic E-state index is 11.7. The highest BCUT2D eigenvalue weighted by atomic mass is 16.3. The summed E-state index contributed by atoms with van der Waals surface area (Å²) in [6.07, 6.45) is 6.50. The minimum absolute atomic E-state index is 0.0553. The van der Waals surface area contributed by atoms with Gasteiger partial charge in [-0.05, 0) is 37.3 Å². The van der Waals surface area contributed by atoms with Crippen LogP contribution in [0.3, 0.4) is 0 Å². The van der Waals surface area contributed by atoms with E-state index in [0.29, 0.717) is 0 Å². The lowest BCUT2D eigenvalue weighted by molar-refractivity contribution is -0.117. The van der Waals surface area contributed by atoms with E-state index in [4.69, 9.17) is 0 Å². The molecular formula is C15H19NO2. The number of hydrogen-bond donors (Lipinski definition) is 2. The highest BCUT2D eigenvalue weighted by Gasteiger charge is 2.19. The molecule has 0 radical (unpaired) electrons. The predicted molar refractivity (Wildman–Crippen MR) is 71.9 cm³/mol. The van der Waals surface area contributed by atoms with Gasteiger partial charge in [0.1, 0.15) is 0 Å². The number of rotatable bonds is 3. The fraction of sp³-hybridized carbons (Fsp3) is 0.400. The van der Waals surface area contributed by atoms with E-state index in [-0.39, 0.29) is 18.1 Å². The van der Waals surface area contributed by atoms with Crippen molar-refractivity contribution >= 4 is 12.0 Å². The molecule has 3 nitrogen and oxygen atoms in total. The van der Waals surface area contributed by atoms with E-state index < -0.39 is 0 Å². The molecular weight excluding hydrogens is 226 g/mol. The summed E-state index contributed by atoms with van der Waals surface area (Å²) < 4.78 is 0. The largest absolute Gasteiger partial charge is 0.393 e. The fourth-order valence-corrected chi connectivity index (χ4v) is 2.21. The van der Waals surface area contributed by atoms with Gasteiger partial charge in [-0.2, -0.15) is 0 Å². The molecule has 1 amide bonds. The summed E-state index contributed by atoms with van der Waals surface area (Å²) in [5.74, 6) is -0.0553. The molecule has 1 aromatic carbocycles. The zero-order chi connectivity index (χ0) is 12.8. The Labute approximate surface area is 108 Å². The van der Waals surface area contributed by atoms with Crippen molar-refractivity contribution in [1.82, 2.24) is 5.32 Å². The third kappa shape index (κ3) is 4.00. The average Bonchev–Trinajstić information content (AvgIpc) is 2.40. The van der Waals surface area contributed by atoms with Crippen molar-refractivity contribution in [2.24, 2.45) is 0 Å². The quantitative estimate of drug-likeness (QED) is 0.801. The van der Waals surface area contributed by atoms with Gasteiger partial charge in [0.25, 0.3) is 0 Å². The van der Waals surface area contributed by atoms with Gasteiger partial charge in [-0.1, -0.05) is 30.3 Å². The number of carbonyl (C=O) groups is 1. The summed E-state index contributed by atoms with van der Waals surface area (Å²) in [5, 5.41) is 12.4. The van der Waals surface area contributed by atoms with Crippen LogP contribution >= 0.6 is 0 Å². The molecule has 0 atom stereocenters. The van der Waals surface area contributed by atoms with Gasteiger partial charge in [0.15, 0.2) is 0 Å². The molecule has 0 heterocycles. The number of amides is 1. The van der Waals surface area contributed by atoms with Crippen LogP contribution in [0.1, 0.15) is 31.2 Å². The molecule has 1 fully saturated rings. The number of nitrogens with one attached hydrogen (secondary N) is 1. The Hall–Kier alpha value is -1.61. The number of aliphatic hydroxyl groups is 1. The van der Waals surface area contributed by atoms with Crippen LogP contribution in [-0.2, 0) is 4.79 Å². The molecule has 0 unspecified atom stereocenters. The van der Waals surface area contributed by atoms with Crippen LogP contribution in [0.2, 0.25) is 0 Å². The molecule has 1 saturated carbocycles. The average molecular weight is 245 g/mol. The third-order valence-electron chi connectivity index (χ3n) is 3.27. The van der Waals surface area contributed by atoms with Crippen LogP contribution < -0.4 is 5.32 Å². The van der Waals surface area contributed by atoms with E-state index in [1.54, 1.807) is 6.08 Å². The third-order valence-corrected chi connectivity index (χ3v) is 3.27. The summed E-state index contributed by atoms with van der Waals surface area (Å²) >= 11 is 0. The van der Waals surface area contributed by atoms with Crippen molar-refractivity contribution in [3.8, 4) is 0 Å². The lowest BCUT2D eigenvalue weighted by Crippen LogP contribution is -2.37. The maximum Gasteiger partial charge on any atom is 0.244 e. The molecule has 0 spiro atoms. The molecule has 18 heavy (non-hydrogen) atoms. The van der Waals surface area contributed by atoms with Gasteiger partial charge in [0.05, 0.1) is 6.10 Å². The van der Waals surface area contributed by atoms with E-state index in [1.807, 2.05) is 36.4 Å². The van der Waals surface area contributed by atoms with Crippen molar-refractivity contribution in [1.29, 1.82) is 0 Å². The minimum atomic E-state index is -0.182. The van der Waals surface area contributed by atoms with Crippen LogP contribution in [0.25, 0.3) is 6.08 Å². The molecule has 96 valence electrons. The smallest absolute Gasteiger partial charge is 0.244 e. The molecule has 1 aliphatic rings. The monoisotopic (exact) mass is 245 g/mol. The van der Waals surface area contributed by atoms with E-state index >= 15 is 0 Å². The Bertz CT molecular complexity index is 406. The number of carbonyl (C=O) groups excluding carboxylic acids is 1. The van der Waals surface area contributed by atoms with Gasteiger partial charge in [-0.15, -0.1) is 0 Å². The van der Waals surface area contributed by atoms with Gasteiger partial charge in [0.2, 0.25) is 5.91 Å². The van der Waals surface area contributed by atoms with E-state index in [1.165, 1.54) is 0 Å². The molecule has 0 aromatic heterocycles. The van der Waals surface area contributed by atoms with Gasteiger partial charge >= 0.3 is 0 Å². The lowest BCUT2D eigenvalue weighted by atomic mass is 9.93. The molecule has 0 saturated heterocycles. The normalized spacial score (nSPS) is 24.1. The van der Waals surface area contributed by atoms with Crippen molar-refractivity contribution in [3.05, 3.63) is 42.0 Å². The second-order valence-electron chi connectivity index (χ2n) is 4.76. The number of hydrogen-bond acceptors (Lipinski definition) is 2. The summed E-state index contributed by atoms with van der Waals surface area (Å²) in [6, 6.07) is 9.97. The SMILES string of the molecule is O=C(C=Cc1ccccc1)NC1CCC(O)CC1. The minimum Gasteiger partial charge on any atom is -0.393 e. The second kappa shape index (κ2) is 6.36. The van der Waals surface area contributed by atoms with E-state index in [9.17, 15) is 9.90 Å². The number of aliphatic hydroxyl groups excluding tert-OH is 1. The topological polar surface area (TPSA) is 49.3 Å². The van der Waals surface area contributed by atoms with E-state index in [0.717, 1.165) is 31.2 Å². The molecule has 2 N–H and O–H groups in total. The fourth-order valence-electron chi connectivity index (χ4n) is 2.21. The van der Waals surface area contributed by atoms with Gasteiger partial charge in [0, 0.05) is 12.1 Å². The first-order valence-electron chi connectivity index (χ1n) is 6.46. The first-order valence-corrected chi connectivity index (χ1v) is 6.46. The lowest BCUT2D eigenvalue weighted by Gasteiger charge is -2.25.